The van der Waals surface area contributed by atoms with Gasteiger partial charge in [0.05, 0.1) is 11.1 Å². The average molecular weight is 247 g/mol. The van der Waals surface area contributed by atoms with E-state index in [9.17, 15) is 0 Å². The number of hydrogen-bond acceptors (Lipinski definition) is 3. The van der Waals surface area contributed by atoms with Crippen LogP contribution in [0.25, 0.3) is 0 Å². The first-order valence-corrected chi connectivity index (χ1v) is 4.72. The number of nitrogens with two attached hydrogens (primary N) is 2. The third-order valence-corrected chi connectivity index (χ3v) is 2.80. The van der Waals surface area contributed by atoms with Gasteiger partial charge in [0.25, 0.3) is 0 Å². The number of hydrogen-bond donors (Lipinski definition) is 2. The second-order valence-electron chi connectivity index (χ2n) is 1.90. The van der Waals surface area contributed by atoms with E-state index in [0.29, 0.717) is 0 Å². The molecular weight excluding hydrogens is 240 g/mol. The van der Waals surface area contributed by atoms with Crippen molar-refractivity contribution in [3.05, 3.63) is 20.8 Å². The maximum absolute atomic E-state index is 5.08. The summed E-state index contributed by atoms with van der Waals surface area (Å²) in [5.41, 5.74) is 10.2. The predicted molar refractivity (Wildman–Crippen MR) is 55.4 cm³/mol. The maximum atomic E-state index is 5.08. The molecule has 0 atom stereocenters. The summed E-state index contributed by atoms with van der Waals surface area (Å²) < 4.78 is 0.988. The van der Waals surface area contributed by atoms with Crippen LogP contribution >= 0.6 is 27.3 Å². The van der Waals surface area contributed by atoms with Crippen LogP contribution in [0.3, 0.4) is 0 Å². The third-order valence-electron chi connectivity index (χ3n) is 0.993. The van der Waals surface area contributed by atoms with Gasteiger partial charge in [-0.2, -0.15) is 5.10 Å². The van der Waals surface area contributed by atoms with Gasteiger partial charge in [-0.3, -0.25) is 0 Å². The normalized spacial score (nSPS) is 10.4. The van der Waals surface area contributed by atoms with Crippen molar-refractivity contribution < 1.29 is 0 Å². The summed E-state index contributed by atoms with van der Waals surface area (Å²) in [6.45, 7) is 0. The van der Waals surface area contributed by atoms with Crippen LogP contribution in [0.4, 0.5) is 0 Å². The van der Waals surface area contributed by atoms with Crippen LogP contribution in [0.5, 0.6) is 0 Å². The Hall–Kier alpha value is -0.880. The second kappa shape index (κ2) is 4.22. The van der Waals surface area contributed by atoms with Crippen molar-refractivity contribution in [2.45, 2.75) is 0 Å². The molecular formula is C6H7BrN4S. The fourth-order valence-electron chi connectivity index (χ4n) is 0.546. The van der Waals surface area contributed by atoms with Crippen molar-refractivity contribution in [2.24, 2.45) is 21.7 Å². The number of guanidine groups is 1. The van der Waals surface area contributed by atoms with E-state index >= 15 is 0 Å². The van der Waals surface area contributed by atoms with Crippen molar-refractivity contribution in [1.29, 1.82) is 0 Å². The van der Waals surface area contributed by atoms with Crippen molar-refractivity contribution in [2.75, 3.05) is 0 Å². The molecule has 12 heavy (non-hydrogen) atoms. The molecule has 0 aliphatic rings. The zero-order chi connectivity index (χ0) is 8.97. The number of rotatable bonds is 2. The molecule has 4 nitrogen and oxygen atoms in total. The van der Waals surface area contributed by atoms with Crippen LogP contribution in [-0.4, -0.2) is 12.2 Å². The molecule has 0 spiro atoms. The van der Waals surface area contributed by atoms with Crippen molar-refractivity contribution >= 4 is 39.4 Å². The van der Waals surface area contributed by atoms with E-state index in [1.54, 1.807) is 17.6 Å². The number of thiophene rings is 1. The minimum absolute atomic E-state index is 0.0427. The molecule has 1 aromatic rings. The quantitative estimate of drug-likeness (QED) is 0.466. The highest BCUT2D eigenvalue weighted by atomic mass is 79.9. The minimum atomic E-state index is -0.0427. The molecule has 1 heterocycles. The fourth-order valence-corrected chi connectivity index (χ4v) is 1.87. The van der Waals surface area contributed by atoms with Gasteiger partial charge in [-0.15, -0.1) is 16.4 Å². The lowest BCUT2D eigenvalue weighted by Crippen LogP contribution is -2.21. The Morgan fingerprint density at radius 3 is 2.83 bits per heavy atom. The monoisotopic (exact) mass is 246 g/mol. The van der Waals surface area contributed by atoms with Gasteiger partial charge in [0.1, 0.15) is 0 Å². The van der Waals surface area contributed by atoms with Gasteiger partial charge in [0, 0.05) is 4.47 Å². The van der Waals surface area contributed by atoms with Gasteiger partial charge in [-0.25, -0.2) is 0 Å². The Balaban J connectivity index is 2.70. The summed E-state index contributed by atoms with van der Waals surface area (Å²) >= 11 is 4.90. The van der Waals surface area contributed by atoms with Crippen LogP contribution in [0.15, 0.2) is 26.1 Å². The smallest absolute Gasteiger partial charge is 0.211 e. The van der Waals surface area contributed by atoms with Gasteiger partial charge in [-0.1, -0.05) is 0 Å². The molecule has 64 valence electrons. The molecule has 0 fully saturated rings. The van der Waals surface area contributed by atoms with E-state index in [2.05, 4.69) is 26.1 Å². The zero-order valence-corrected chi connectivity index (χ0v) is 8.47. The molecule has 0 aliphatic carbocycles. The Morgan fingerprint density at radius 2 is 2.33 bits per heavy atom. The Kier molecular flexibility index (Phi) is 3.24. The summed E-state index contributed by atoms with van der Waals surface area (Å²) in [6.07, 6.45) is 1.59. The van der Waals surface area contributed by atoms with E-state index in [4.69, 9.17) is 11.5 Å². The second-order valence-corrected chi connectivity index (χ2v) is 3.70. The summed E-state index contributed by atoms with van der Waals surface area (Å²) in [7, 11) is 0. The number of nitrogens with zero attached hydrogens (tertiary/aromatic N) is 2. The standard InChI is InChI=1S/C6H7BrN4S/c7-4-1-2-12-5(4)3-10-11-6(8)9/h1-3H,(H4,8,9,11)/b10-3+. The highest BCUT2D eigenvalue weighted by Gasteiger charge is 1.95. The van der Waals surface area contributed by atoms with Crippen LogP contribution in [0.2, 0.25) is 0 Å². The van der Waals surface area contributed by atoms with Crippen molar-refractivity contribution in [3.63, 3.8) is 0 Å². The number of halogens is 1. The molecule has 0 amide bonds. The van der Waals surface area contributed by atoms with Crippen molar-refractivity contribution in [3.8, 4) is 0 Å². The Morgan fingerprint density at radius 1 is 1.58 bits per heavy atom. The molecule has 4 N–H and O–H groups in total. The van der Waals surface area contributed by atoms with Crippen LogP contribution in [-0.2, 0) is 0 Å². The van der Waals surface area contributed by atoms with E-state index in [-0.39, 0.29) is 5.96 Å². The van der Waals surface area contributed by atoms with Crippen molar-refractivity contribution in [1.82, 2.24) is 0 Å². The van der Waals surface area contributed by atoms with Crippen LogP contribution in [0, 0.1) is 0 Å². The Labute approximate surface area is 82.1 Å². The highest BCUT2D eigenvalue weighted by molar-refractivity contribution is 9.10. The van der Waals surface area contributed by atoms with Crippen LogP contribution < -0.4 is 11.5 Å². The lowest BCUT2D eigenvalue weighted by Gasteiger charge is -1.85. The molecule has 0 bridgehead atoms. The zero-order valence-electron chi connectivity index (χ0n) is 6.07. The highest BCUT2D eigenvalue weighted by Crippen LogP contribution is 2.20. The van der Waals surface area contributed by atoms with E-state index in [1.807, 2.05) is 11.4 Å². The molecule has 0 aromatic carbocycles. The molecule has 0 radical (unpaired) electrons. The first kappa shape index (κ1) is 9.21. The minimum Gasteiger partial charge on any atom is -0.369 e. The molecule has 1 aromatic heterocycles. The molecule has 0 saturated carbocycles. The lowest BCUT2D eigenvalue weighted by molar-refractivity contribution is 1.22. The predicted octanol–water partition coefficient (Wildman–Crippen LogP) is 1.12. The van der Waals surface area contributed by atoms with Gasteiger partial charge in [0.15, 0.2) is 0 Å². The molecule has 1 rings (SSSR count). The third kappa shape index (κ3) is 2.63. The summed E-state index contributed by atoms with van der Waals surface area (Å²) in [5, 5.41) is 9.08. The summed E-state index contributed by atoms with van der Waals surface area (Å²) in [5.74, 6) is -0.0427. The molecule has 0 aliphatic heterocycles. The van der Waals surface area contributed by atoms with Gasteiger partial charge >= 0.3 is 0 Å². The van der Waals surface area contributed by atoms with E-state index < -0.39 is 0 Å². The largest absolute Gasteiger partial charge is 0.369 e. The molecule has 6 heteroatoms. The lowest BCUT2D eigenvalue weighted by atomic mass is 10.5. The average Bonchev–Trinajstić information content (AvgIpc) is 2.36. The first-order valence-electron chi connectivity index (χ1n) is 3.05. The molecule has 0 unspecified atom stereocenters. The Bertz CT molecular complexity index is 313. The summed E-state index contributed by atoms with van der Waals surface area (Å²) in [6, 6.07) is 1.93. The van der Waals surface area contributed by atoms with Crippen LogP contribution in [0.1, 0.15) is 4.88 Å². The fraction of sp³-hybridized carbons (Fsp3) is 0. The maximum Gasteiger partial charge on any atom is 0.211 e. The van der Waals surface area contributed by atoms with E-state index in [1.165, 1.54) is 0 Å². The topological polar surface area (TPSA) is 76.8 Å². The first-order chi connectivity index (χ1) is 5.70. The van der Waals surface area contributed by atoms with Gasteiger partial charge < -0.3 is 11.5 Å². The van der Waals surface area contributed by atoms with Gasteiger partial charge in [0.2, 0.25) is 5.96 Å². The molecule has 0 saturated heterocycles. The van der Waals surface area contributed by atoms with E-state index in [0.717, 1.165) is 9.35 Å². The SMILES string of the molecule is NC(N)=N/N=C/c1sccc1Br. The summed E-state index contributed by atoms with van der Waals surface area (Å²) in [4.78, 5) is 0.986. The van der Waals surface area contributed by atoms with Gasteiger partial charge in [-0.05, 0) is 27.4 Å².